The molecule has 0 radical (unpaired) electrons. The molecule has 0 aliphatic carbocycles. The van der Waals surface area contributed by atoms with Gasteiger partial charge in [0, 0.05) is 34.4 Å². The van der Waals surface area contributed by atoms with Gasteiger partial charge < -0.3 is 4.90 Å². The molecule has 0 fully saturated rings. The molecule has 0 N–H and O–H groups in total. The molecule has 0 aromatic carbocycles. The van der Waals surface area contributed by atoms with E-state index in [1.54, 1.807) is 43.1 Å². The number of anilines is 1. The Morgan fingerprint density at radius 3 is 2.46 bits per heavy atom. The van der Waals surface area contributed by atoms with E-state index < -0.39 is 0 Å². The number of urea groups is 1. The lowest BCUT2D eigenvalue weighted by Crippen LogP contribution is -2.36. The van der Waals surface area contributed by atoms with Gasteiger partial charge >= 0.3 is 6.03 Å². The van der Waals surface area contributed by atoms with Crippen LogP contribution >= 0.6 is 0 Å². The number of aryl methyl sites for hydroxylation is 1. The maximum Gasteiger partial charge on any atom is 0.323 e. The van der Waals surface area contributed by atoms with Crippen molar-refractivity contribution in [3.05, 3.63) is 12.4 Å². The summed E-state index contributed by atoms with van der Waals surface area (Å²) < 4.78 is 1.66. The third-order valence-corrected chi connectivity index (χ3v) is 1.75. The van der Waals surface area contributed by atoms with Crippen molar-refractivity contribution in [2.24, 2.45) is 7.05 Å². The first kappa shape index (κ1) is 9.57. The SMILES string of the molecule is CN(C)C(=O)N(C)c1cnn(C)c1. The molecule has 5 nitrogen and oxygen atoms in total. The Balaban J connectivity index is 2.79. The maximum absolute atomic E-state index is 11.5. The first-order chi connectivity index (χ1) is 6.02. The molecule has 0 bridgehead atoms. The van der Waals surface area contributed by atoms with Crippen molar-refractivity contribution in [3.63, 3.8) is 0 Å². The highest BCUT2D eigenvalue weighted by molar-refractivity contribution is 5.90. The van der Waals surface area contributed by atoms with Gasteiger partial charge in [0.1, 0.15) is 0 Å². The first-order valence-electron chi connectivity index (χ1n) is 3.96. The number of carbonyl (C=O) groups excluding carboxylic acids is 1. The zero-order valence-corrected chi connectivity index (χ0v) is 8.35. The summed E-state index contributed by atoms with van der Waals surface area (Å²) in [6, 6.07) is -0.0620. The fourth-order valence-electron chi connectivity index (χ4n) is 0.992. The molecule has 1 aromatic rings. The Bertz CT molecular complexity index is 305. The summed E-state index contributed by atoms with van der Waals surface area (Å²) in [6.07, 6.45) is 3.45. The molecule has 0 unspecified atom stereocenters. The Labute approximate surface area is 77.5 Å². The Hall–Kier alpha value is -1.52. The minimum atomic E-state index is -0.0620. The van der Waals surface area contributed by atoms with Gasteiger partial charge in [-0.15, -0.1) is 0 Å². The van der Waals surface area contributed by atoms with Gasteiger partial charge in [-0.3, -0.25) is 9.58 Å². The molecule has 0 spiro atoms. The number of amides is 2. The molecule has 2 amide bonds. The molecule has 1 rings (SSSR count). The lowest BCUT2D eigenvalue weighted by Gasteiger charge is -2.19. The van der Waals surface area contributed by atoms with Crippen molar-refractivity contribution in [1.29, 1.82) is 0 Å². The molecule has 0 aliphatic heterocycles. The average molecular weight is 182 g/mol. The zero-order chi connectivity index (χ0) is 10.0. The molecule has 1 aromatic heterocycles. The highest BCUT2D eigenvalue weighted by atomic mass is 16.2. The second kappa shape index (κ2) is 3.47. The van der Waals surface area contributed by atoms with Gasteiger partial charge in [0.15, 0.2) is 0 Å². The summed E-state index contributed by atoms with van der Waals surface area (Å²) in [7, 11) is 6.97. The highest BCUT2D eigenvalue weighted by Gasteiger charge is 2.13. The van der Waals surface area contributed by atoms with Gasteiger partial charge in [0.05, 0.1) is 11.9 Å². The van der Waals surface area contributed by atoms with Crippen molar-refractivity contribution < 1.29 is 4.79 Å². The standard InChI is InChI=1S/C8H14N4O/c1-10(2)8(13)12(4)7-5-9-11(3)6-7/h5-6H,1-4H3. The molecular weight excluding hydrogens is 168 g/mol. The van der Waals surface area contributed by atoms with E-state index in [4.69, 9.17) is 0 Å². The third kappa shape index (κ3) is 1.99. The van der Waals surface area contributed by atoms with E-state index in [0.29, 0.717) is 0 Å². The van der Waals surface area contributed by atoms with Crippen LogP contribution in [0.25, 0.3) is 0 Å². The third-order valence-electron chi connectivity index (χ3n) is 1.75. The first-order valence-corrected chi connectivity index (χ1v) is 3.96. The van der Waals surface area contributed by atoms with Crippen LogP contribution in [0.2, 0.25) is 0 Å². The van der Waals surface area contributed by atoms with E-state index in [1.165, 1.54) is 4.90 Å². The number of rotatable bonds is 1. The predicted octanol–water partition coefficient (Wildman–Crippen LogP) is 0.538. The molecule has 5 heteroatoms. The quantitative estimate of drug-likeness (QED) is 0.636. The summed E-state index contributed by atoms with van der Waals surface area (Å²) in [4.78, 5) is 14.5. The van der Waals surface area contributed by atoms with Gasteiger partial charge in [-0.05, 0) is 0 Å². The van der Waals surface area contributed by atoms with Gasteiger partial charge in [-0.25, -0.2) is 4.79 Å². The van der Waals surface area contributed by atoms with E-state index in [2.05, 4.69) is 5.10 Å². The van der Waals surface area contributed by atoms with E-state index in [1.807, 2.05) is 7.05 Å². The lowest BCUT2D eigenvalue weighted by atomic mass is 10.5. The maximum atomic E-state index is 11.5. The summed E-state index contributed by atoms with van der Waals surface area (Å²) >= 11 is 0. The topological polar surface area (TPSA) is 41.4 Å². The van der Waals surface area contributed by atoms with Crippen LogP contribution < -0.4 is 4.90 Å². The van der Waals surface area contributed by atoms with Gasteiger partial charge in [-0.1, -0.05) is 0 Å². The van der Waals surface area contributed by atoms with E-state index in [9.17, 15) is 4.79 Å². The number of hydrogen-bond donors (Lipinski definition) is 0. The van der Waals surface area contributed by atoms with Crippen molar-refractivity contribution in [1.82, 2.24) is 14.7 Å². The average Bonchev–Trinajstić information content (AvgIpc) is 2.49. The second-order valence-corrected chi connectivity index (χ2v) is 3.11. The van der Waals surface area contributed by atoms with Crippen LogP contribution in [0.15, 0.2) is 12.4 Å². The highest BCUT2D eigenvalue weighted by Crippen LogP contribution is 2.10. The van der Waals surface area contributed by atoms with Gasteiger partial charge in [-0.2, -0.15) is 5.10 Å². The Morgan fingerprint density at radius 1 is 1.46 bits per heavy atom. The number of hydrogen-bond acceptors (Lipinski definition) is 2. The summed E-state index contributed by atoms with van der Waals surface area (Å²) in [5, 5.41) is 3.98. The summed E-state index contributed by atoms with van der Waals surface area (Å²) in [6.45, 7) is 0. The van der Waals surface area contributed by atoms with Crippen molar-refractivity contribution >= 4 is 11.7 Å². The van der Waals surface area contributed by atoms with Gasteiger partial charge in [0.25, 0.3) is 0 Å². The van der Waals surface area contributed by atoms with Crippen molar-refractivity contribution in [3.8, 4) is 0 Å². The fraction of sp³-hybridized carbons (Fsp3) is 0.500. The van der Waals surface area contributed by atoms with Crippen LogP contribution in [-0.4, -0.2) is 41.9 Å². The van der Waals surface area contributed by atoms with Crippen LogP contribution in [0.3, 0.4) is 0 Å². The zero-order valence-electron chi connectivity index (χ0n) is 8.35. The summed E-state index contributed by atoms with van der Waals surface area (Å²) in [5.41, 5.74) is 0.793. The number of aromatic nitrogens is 2. The Kier molecular flexibility index (Phi) is 2.55. The number of nitrogens with zero attached hydrogens (tertiary/aromatic N) is 4. The molecule has 72 valence electrons. The molecular formula is C8H14N4O. The van der Waals surface area contributed by atoms with E-state index in [-0.39, 0.29) is 6.03 Å². The number of carbonyl (C=O) groups is 1. The van der Waals surface area contributed by atoms with Crippen LogP contribution in [0.4, 0.5) is 10.5 Å². The molecule has 0 aliphatic rings. The van der Waals surface area contributed by atoms with E-state index >= 15 is 0 Å². The minimum Gasteiger partial charge on any atom is -0.330 e. The fourth-order valence-corrected chi connectivity index (χ4v) is 0.992. The van der Waals surface area contributed by atoms with Gasteiger partial charge in [0.2, 0.25) is 0 Å². The summed E-state index contributed by atoms with van der Waals surface area (Å²) in [5.74, 6) is 0. The minimum absolute atomic E-state index is 0.0620. The molecule has 0 saturated heterocycles. The Morgan fingerprint density at radius 2 is 2.08 bits per heavy atom. The smallest absolute Gasteiger partial charge is 0.323 e. The van der Waals surface area contributed by atoms with Crippen LogP contribution in [-0.2, 0) is 7.05 Å². The van der Waals surface area contributed by atoms with Crippen LogP contribution in [0.1, 0.15) is 0 Å². The van der Waals surface area contributed by atoms with Crippen molar-refractivity contribution in [2.45, 2.75) is 0 Å². The van der Waals surface area contributed by atoms with E-state index in [0.717, 1.165) is 5.69 Å². The molecule has 0 atom stereocenters. The predicted molar refractivity (Wildman–Crippen MR) is 50.7 cm³/mol. The van der Waals surface area contributed by atoms with Crippen molar-refractivity contribution in [2.75, 3.05) is 26.0 Å². The van der Waals surface area contributed by atoms with Crippen LogP contribution in [0, 0.1) is 0 Å². The normalized spacial score (nSPS) is 9.85. The largest absolute Gasteiger partial charge is 0.330 e. The molecule has 13 heavy (non-hydrogen) atoms. The molecule has 1 heterocycles. The monoisotopic (exact) mass is 182 g/mol. The second-order valence-electron chi connectivity index (χ2n) is 3.11. The molecule has 0 saturated carbocycles. The van der Waals surface area contributed by atoms with Crippen LogP contribution in [0.5, 0.6) is 0 Å². The lowest BCUT2D eigenvalue weighted by molar-refractivity contribution is 0.225.